The lowest BCUT2D eigenvalue weighted by atomic mass is 9.76. The van der Waals surface area contributed by atoms with Gasteiger partial charge in [-0.05, 0) is 44.7 Å². The summed E-state index contributed by atoms with van der Waals surface area (Å²) in [7, 11) is 3.48. The van der Waals surface area contributed by atoms with Crippen LogP contribution in [0, 0.1) is 18.3 Å². The number of likely N-dealkylation sites (N-methyl/N-ethyl adjacent to an activating group) is 2. The molecule has 37 heavy (non-hydrogen) atoms. The fraction of sp³-hybridized carbons (Fsp3) is 0.633. The largest absolute Gasteiger partial charge is 0.463 e. The van der Waals surface area contributed by atoms with E-state index in [4.69, 9.17) is 4.74 Å². The molecule has 0 radical (unpaired) electrons. The standard InChI is InChI=1S/C30H49N3O4/c1-13-37-28(36)21(5)18-23(19(2)3)33(12)27(35)25(29(6,7)8)32-26(34)24(31-11)30(9,10)22-16-14-20(4)15-17-22/h14-19,23-25,31H,13H2,1-12H3,(H,32,34)/b21-18+/t23-,24-,25-/m1/s1. The topological polar surface area (TPSA) is 87.7 Å². The number of carbonyl (C=O) groups is 3. The minimum Gasteiger partial charge on any atom is -0.463 e. The van der Waals surface area contributed by atoms with Gasteiger partial charge in [0.15, 0.2) is 0 Å². The number of esters is 1. The summed E-state index contributed by atoms with van der Waals surface area (Å²) in [5.74, 6) is -0.811. The van der Waals surface area contributed by atoms with Gasteiger partial charge in [-0.25, -0.2) is 4.79 Å². The lowest BCUT2D eigenvalue weighted by molar-refractivity contribution is -0.141. The highest BCUT2D eigenvalue weighted by Gasteiger charge is 2.41. The summed E-state index contributed by atoms with van der Waals surface area (Å²) in [6.07, 6.45) is 1.78. The van der Waals surface area contributed by atoms with Crippen molar-refractivity contribution in [3.8, 4) is 0 Å². The summed E-state index contributed by atoms with van der Waals surface area (Å²) in [6, 6.07) is 6.48. The monoisotopic (exact) mass is 515 g/mol. The minimum atomic E-state index is -0.771. The second-order valence-corrected chi connectivity index (χ2v) is 11.9. The Kier molecular flexibility index (Phi) is 11.6. The van der Waals surface area contributed by atoms with E-state index < -0.39 is 28.9 Å². The van der Waals surface area contributed by atoms with E-state index in [1.807, 2.05) is 79.7 Å². The van der Waals surface area contributed by atoms with Gasteiger partial charge in [0.2, 0.25) is 11.8 Å². The molecule has 7 heteroatoms. The number of hydrogen-bond acceptors (Lipinski definition) is 5. The van der Waals surface area contributed by atoms with Crippen LogP contribution in [0.4, 0.5) is 0 Å². The molecule has 1 rings (SSSR count). The third kappa shape index (κ3) is 8.42. The first kappa shape index (κ1) is 32.4. The summed E-state index contributed by atoms with van der Waals surface area (Å²) in [5, 5.41) is 6.23. The molecule has 0 saturated heterocycles. The summed E-state index contributed by atoms with van der Waals surface area (Å²) in [4.78, 5) is 41.4. The van der Waals surface area contributed by atoms with Crippen LogP contribution in [0.1, 0.15) is 73.4 Å². The molecule has 0 unspecified atom stereocenters. The van der Waals surface area contributed by atoms with E-state index in [0.717, 1.165) is 11.1 Å². The zero-order valence-electron chi connectivity index (χ0n) is 25.0. The molecule has 0 aromatic heterocycles. The van der Waals surface area contributed by atoms with Crippen LogP contribution in [0.25, 0.3) is 0 Å². The van der Waals surface area contributed by atoms with E-state index in [-0.39, 0.29) is 30.4 Å². The molecular weight excluding hydrogens is 466 g/mol. The Hall–Kier alpha value is -2.67. The van der Waals surface area contributed by atoms with Crippen LogP contribution in [-0.2, 0) is 24.5 Å². The van der Waals surface area contributed by atoms with E-state index in [0.29, 0.717) is 5.57 Å². The minimum absolute atomic E-state index is 0.0418. The first-order valence-corrected chi connectivity index (χ1v) is 13.2. The van der Waals surface area contributed by atoms with Crippen molar-refractivity contribution >= 4 is 17.8 Å². The Bertz CT molecular complexity index is 958. The van der Waals surface area contributed by atoms with Crippen LogP contribution in [0.2, 0.25) is 0 Å². The van der Waals surface area contributed by atoms with Crippen molar-refractivity contribution in [2.75, 3.05) is 20.7 Å². The molecule has 0 bridgehead atoms. The molecule has 1 aromatic carbocycles. The number of benzene rings is 1. The number of aryl methyl sites for hydroxylation is 1. The van der Waals surface area contributed by atoms with Gasteiger partial charge in [-0.1, -0.05) is 84.4 Å². The highest BCUT2D eigenvalue weighted by molar-refractivity contribution is 5.92. The second kappa shape index (κ2) is 13.2. The number of hydrogen-bond donors (Lipinski definition) is 2. The van der Waals surface area contributed by atoms with Crippen LogP contribution in [-0.4, -0.2) is 61.5 Å². The highest BCUT2D eigenvalue weighted by Crippen LogP contribution is 2.29. The molecule has 0 spiro atoms. The Labute approximate surface area is 224 Å². The lowest BCUT2D eigenvalue weighted by Gasteiger charge is -2.40. The summed E-state index contributed by atoms with van der Waals surface area (Å²) in [6.45, 7) is 19.6. The van der Waals surface area contributed by atoms with E-state index in [9.17, 15) is 14.4 Å². The summed E-state index contributed by atoms with van der Waals surface area (Å²) in [5.41, 5.74) is 1.56. The van der Waals surface area contributed by atoms with Crippen molar-refractivity contribution < 1.29 is 19.1 Å². The Balaban J connectivity index is 3.30. The van der Waals surface area contributed by atoms with Gasteiger partial charge in [0.1, 0.15) is 6.04 Å². The fourth-order valence-corrected chi connectivity index (χ4v) is 4.51. The highest BCUT2D eigenvalue weighted by atomic mass is 16.5. The van der Waals surface area contributed by atoms with Gasteiger partial charge in [0, 0.05) is 18.0 Å². The van der Waals surface area contributed by atoms with E-state index in [2.05, 4.69) is 10.6 Å². The molecule has 2 N–H and O–H groups in total. The van der Waals surface area contributed by atoms with Crippen molar-refractivity contribution in [1.82, 2.24) is 15.5 Å². The zero-order chi connectivity index (χ0) is 28.7. The van der Waals surface area contributed by atoms with Crippen molar-refractivity contribution in [2.24, 2.45) is 11.3 Å². The van der Waals surface area contributed by atoms with Crippen molar-refractivity contribution in [3.05, 3.63) is 47.0 Å². The van der Waals surface area contributed by atoms with Crippen LogP contribution in [0.5, 0.6) is 0 Å². The van der Waals surface area contributed by atoms with Gasteiger partial charge in [0.25, 0.3) is 0 Å². The van der Waals surface area contributed by atoms with Crippen LogP contribution >= 0.6 is 0 Å². The van der Waals surface area contributed by atoms with Crippen LogP contribution in [0.15, 0.2) is 35.9 Å². The molecule has 7 nitrogen and oxygen atoms in total. The molecule has 2 amide bonds. The third-order valence-electron chi connectivity index (χ3n) is 6.96. The van der Waals surface area contributed by atoms with E-state index in [1.165, 1.54) is 0 Å². The average Bonchev–Trinajstić information content (AvgIpc) is 2.79. The SMILES string of the molecule is CCOC(=O)/C(C)=C/[C@H](C(C)C)N(C)C(=O)[C@@H](NC(=O)[C@@H](NC)C(C)(C)c1ccc(C)cc1)C(C)(C)C. The lowest BCUT2D eigenvalue weighted by Crippen LogP contribution is -2.61. The van der Waals surface area contributed by atoms with Gasteiger partial charge in [-0.2, -0.15) is 0 Å². The molecule has 0 heterocycles. The van der Waals surface area contributed by atoms with Gasteiger partial charge >= 0.3 is 5.97 Å². The fourth-order valence-electron chi connectivity index (χ4n) is 4.51. The van der Waals surface area contributed by atoms with Gasteiger partial charge in [-0.3, -0.25) is 9.59 Å². The Morgan fingerprint density at radius 1 is 1.03 bits per heavy atom. The first-order chi connectivity index (χ1) is 17.0. The number of nitrogens with one attached hydrogen (secondary N) is 2. The number of ether oxygens (including phenoxy) is 1. The van der Waals surface area contributed by atoms with Gasteiger partial charge < -0.3 is 20.3 Å². The summed E-state index contributed by atoms with van der Waals surface area (Å²) >= 11 is 0. The van der Waals surface area contributed by atoms with Crippen molar-refractivity contribution in [1.29, 1.82) is 0 Å². The molecule has 3 atom stereocenters. The molecule has 0 aliphatic rings. The molecule has 0 fully saturated rings. The smallest absolute Gasteiger partial charge is 0.333 e. The average molecular weight is 516 g/mol. The Morgan fingerprint density at radius 2 is 1.57 bits per heavy atom. The van der Waals surface area contributed by atoms with Crippen LogP contribution < -0.4 is 10.6 Å². The second-order valence-electron chi connectivity index (χ2n) is 11.9. The molecule has 1 aromatic rings. The predicted molar refractivity (Wildman–Crippen MR) is 150 cm³/mol. The number of carbonyl (C=O) groups excluding carboxylic acids is 3. The summed E-state index contributed by atoms with van der Waals surface area (Å²) < 4.78 is 5.12. The molecule has 208 valence electrons. The maximum atomic E-state index is 13.9. The molecule has 0 aliphatic heterocycles. The maximum Gasteiger partial charge on any atom is 0.333 e. The Morgan fingerprint density at radius 3 is 2.00 bits per heavy atom. The number of rotatable bonds is 11. The first-order valence-electron chi connectivity index (χ1n) is 13.2. The normalized spacial score (nSPS) is 15.1. The number of amides is 2. The van der Waals surface area contributed by atoms with Crippen molar-refractivity contribution in [3.63, 3.8) is 0 Å². The molecular formula is C30H49N3O4. The van der Waals surface area contributed by atoms with Gasteiger partial charge in [-0.15, -0.1) is 0 Å². The quantitative estimate of drug-likeness (QED) is 0.337. The van der Waals surface area contributed by atoms with E-state index in [1.54, 1.807) is 38.9 Å². The molecule has 0 saturated carbocycles. The van der Waals surface area contributed by atoms with Gasteiger partial charge in [0.05, 0.1) is 18.7 Å². The third-order valence-corrected chi connectivity index (χ3v) is 6.96. The zero-order valence-corrected chi connectivity index (χ0v) is 25.0. The molecule has 0 aliphatic carbocycles. The van der Waals surface area contributed by atoms with E-state index >= 15 is 0 Å². The van der Waals surface area contributed by atoms with Crippen LogP contribution in [0.3, 0.4) is 0 Å². The maximum absolute atomic E-state index is 13.9. The number of nitrogens with zero attached hydrogens (tertiary/aromatic N) is 1. The van der Waals surface area contributed by atoms with Crippen molar-refractivity contribution in [2.45, 2.75) is 92.8 Å². The predicted octanol–water partition coefficient (Wildman–Crippen LogP) is 4.38.